The van der Waals surface area contributed by atoms with Gasteiger partial charge in [0.2, 0.25) is 0 Å². The number of nitriles is 1. The van der Waals surface area contributed by atoms with Gasteiger partial charge in [-0.05, 0) is 44.6 Å². The van der Waals surface area contributed by atoms with Gasteiger partial charge in [-0.1, -0.05) is 25.1 Å². The van der Waals surface area contributed by atoms with E-state index >= 15 is 0 Å². The first-order valence-electron chi connectivity index (χ1n) is 8.03. The van der Waals surface area contributed by atoms with Crippen molar-refractivity contribution in [3.63, 3.8) is 0 Å². The Morgan fingerprint density at radius 1 is 1.33 bits per heavy atom. The Balaban J connectivity index is 1.96. The number of hydrogen-bond donors (Lipinski definition) is 0. The number of aryl methyl sites for hydroxylation is 1. The van der Waals surface area contributed by atoms with E-state index in [9.17, 15) is 5.26 Å². The van der Waals surface area contributed by atoms with Crippen molar-refractivity contribution < 1.29 is 0 Å². The molecule has 3 nitrogen and oxygen atoms in total. The summed E-state index contributed by atoms with van der Waals surface area (Å²) in [6.45, 7) is 5.28. The van der Waals surface area contributed by atoms with Gasteiger partial charge in [-0.3, -0.25) is 4.68 Å². The lowest BCUT2D eigenvalue weighted by Crippen LogP contribution is -2.28. The van der Waals surface area contributed by atoms with Crippen molar-refractivity contribution in [2.45, 2.75) is 52.5 Å². The topological polar surface area (TPSA) is 41.6 Å². The fourth-order valence-corrected chi connectivity index (χ4v) is 3.53. The summed E-state index contributed by atoms with van der Waals surface area (Å²) < 4.78 is 2.06. The molecule has 1 aliphatic carbocycles. The molecule has 1 saturated carbocycles. The van der Waals surface area contributed by atoms with Gasteiger partial charge < -0.3 is 0 Å². The Hall–Kier alpha value is -1.82. The molecular formula is C18H23N3. The highest BCUT2D eigenvalue weighted by molar-refractivity contribution is 5.82. The normalized spacial score (nSPS) is 25.9. The van der Waals surface area contributed by atoms with Gasteiger partial charge in [0.05, 0.1) is 22.7 Å². The van der Waals surface area contributed by atoms with Crippen LogP contribution in [0.25, 0.3) is 10.9 Å². The van der Waals surface area contributed by atoms with Crippen molar-refractivity contribution >= 4 is 10.9 Å². The highest BCUT2D eigenvalue weighted by atomic mass is 15.3. The summed E-state index contributed by atoms with van der Waals surface area (Å²) in [6.07, 6.45) is 5.15. The van der Waals surface area contributed by atoms with Gasteiger partial charge in [-0.2, -0.15) is 10.4 Å². The number of aromatic nitrogens is 2. The number of para-hydroxylation sites is 1. The minimum absolute atomic E-state index is 0.206. The molecule has 1 fully saturated rings. The van der Waals surface area contributed by atoms with Crippen LogP contribution in [0.5, 0.6) is 0 Å². The SMILES string of the molecule is CCn1nc(CC2(C#N)CCC(C)CC2)c2ccccc21. The van der Waals surface area contributed by atoms with Gasteiger partial charge >= 0.3 is 0 Å². The Morgan fingerprint density at radius 2 is 2.05 bits per heavy atom. The third kappa shape index (κ3) is 2.55. The molecule has 0 spiro atoms. The molecule has 3 rings (SSSR count). The predicted molar refractivity (Wildman–Crippen MR) is 84.8 cm³/mol. The third-order valence-electron chi connectivity index (χ3n) is 5.01. The van der Waals surface area contributed by atoms with E-state index < -0.39 is 0 Å². The highest BCUT2D eigenvalue weighted by Crippen LogP contribution is 2.41. The summed E-state index contributed by atoms with van der Waals surface area (Å²) in [5.74, 6) is 0.761. The third-order valence-corrected chi connectivity index (χ3v) is 5.01. The summed E-state index contributed by atoms with van der Waals surface area (Å²) in [5.41, 5.74) is 2.08. The molecule has 110 valence electrons. The van der Waals surface area contributed by atoms with Crippen LogP contribution in [-0.4, -0.2) is 9.78 Å². The molecule has 0 bridgehead atoms. The zero-order valence-electron chi connectivity index (χ0n) is 13.0. The van der Waals surface area contributed by atoms with Crippen LogP contribution in [0.2, 0.25) is 0 Å². The van der Waals surface area contributed by atoms with E-state index in [0.29, 0.717) is 0 Å². The summed E-state index contributed by atoms with van der Waals surface area (Å²) in [4.78, 5) is 0. The number of benzene rings is 1. The fraction of sp³-hybridized carbons (Fsp3) is 0.556. The first-order chi connectivity index (χ1) is 10.2. The van der Waals surface area contributed by atoms with Gasteiger partial charge in [0.15, 0.2) is 0 Å². The van der Waals surface area contributed by atoms with Crippen LogP contribution in [0.15, 0.2) is 24.3 Å². The average molecular weight is 281 g/mol. The summed E-state index contributed by atoms with van der Waals surface area (Å²) in [5, 5.41) is 15.7. The van der Waals surface area contributed by atoms with Gasteiger partial charge in [-0.15, -0.1) is 0 Å². The minimum atomic E-state index is -0.206. The van der Waals surface area contributed by atoms with Crippen LogP contribution in [-0.2, 0) is 13.0 Å². The fourth-order valence-electron chi connectivity index (χ4n) is 3.53. The van der Waals surface area contributed by atoms with Gasteiger partial charge in [0.1, 0.15) is 0 Å². The van der Waals surface area contributed by atoms with Crippen molar-refractivity contribution in [2.75, 3.05) is 0 Å². The Morgan fingerprint density at radius 3 is 2.71 bits per heavy atom. The lowest BCUT2D eigenvalue weighted by Gasteiger charge is -2.33. The number of nitrogens with zero attached hydrogens (tertiary/aromatic N) is 3. The monoisotopic (exact) mass is 281 g/mol. The molecule has 21 heavy (non-hydrogen) atoms. The molecule has 1 aromatic carbocycles. The van der Waals surface area contributed by atoms with Crippen LogP contribution < -0.4 is 0 Å². The first-order valence-corrected chi connectivity index (χ1v) is 8.03. The lowest BCUT2D eigenvalue weighted by atomic mass is 9.69. The molecule has 1 aromatic heterocycles. The molecular weight excluding hydrogens is 258 g/mol. The van der Waals surface area contributed by atoms with Crippen molar-refractivity contribution in [1.82, 2.24) is 9.78 Å². The maximum Gasteiger partial charge on any atom is 0.0719 e. The molecule has 0 N–H and O–H groups in total. The van der Waals surface area contributed by atoms with E-state index in [0.717, 1.165) is 37.4 Å². The summed E-state index contributed by atoms with van der Waals surface area (Å²) in [7, 11) is 0. The lowest BCUT2D eigenvalue weighted by molar-refractivity contribution is 0.217. The predicted octanol–water partition coefficient (Wildman–Crippen LogP) is 4.32. The molecule has 1 heterocycles. The van der Waals surface area contributed by atoms with Gasteiger partial charge in [0, 0.05) is 18.4 Å². The highest BCUT2D eigenvalue weighted by Gasteiger charge is 2.35. The van der Waals surface area contributed by atoms with Gasteiger partial charge in [-0.25, -0.2) is 0 Å². The second kappa shape index (κ2) is 5.52. The maximum atomic E-state index is 9.74. The molecule has 3 heteroatoms. The molecule has 0 saturated heterocycles. The van der Waals surface area contributed by atoms with Crippen LogP contribution in [0.1, 0.15) is 45.2 Å². The van der Waals surface area contributed by atoms with E-state index in [-0.39, 0.29) is 5.41 Å². The molecule has 0 radical (unpaired) electrons. The molecule has 0 unspecified atom stereocenters. The second-order valence-electron chi connectivity index (χ2n) is 6.53. The zero-order chi connectivity index (χ0) is 14.9. The van der Waals surface area contributed by atoms with Crippen LogP contribution in [0.3, 0.4) is 0 Å². The Labute approximate surface area is 126 Å². The van der Waals surface area contributed by atoms with Crippen LogP contribution in [0.4, 0.5) is 0 Å². The molecule has 2 aromatic rings. The Bertz CT molecular complexity index is 669. The van der Waals surface area contributed by atoms with Crippen molar-refractivity contribution in [3.05, 3.63) is 30.0 Å². The largest absolute Gasteiger partial charge is 0.265 e. The number of hydrogen-bond acceptors (Lipinski definition) is 2. The summed E-state index contributed by atoms with van der Waals surface area (Å²) in [6, 6.07) is 11.0. The van der Waals surface area contributed by atoms with Crippen LogP contribution >= 0.6 is 0 Å². The quantitative estimate of drug-likeness (QED) is 0.840. The van der Waals surface area contributed by atoms with E-state index in [1.54, 1.807) is 0 Å². The van der Waals surface area contributed by atoms with E-state index in [1.807, 2.05) is 0 Å². The zero-order valence-corrected chi connectivity index (χ0v) is 13.0. The van der Waals surface area contributed by atoms with Crippen molar-refractivity contribution in [2.24, 2.45) is 11.3 Å². The standard InChI is InChI=1S/C18H23N3/c1-3-21-17-7-5-4-6-15(17)16(20-21)12-18(13-19)10-8-14(2)9-11-18/h4-7,14H,3,8-12H2,1-2H3. The number of fused-ring (bicyclic) bond motifs is 1. The van der Waals surface area contributed by atoms with Crippen molar-refractivity contribution in [3.8, 4) is 6.07 Å². The molecule has 1 aliphatic rings. The molecule has 0 atom stereocenters. The van der Waals surface area contributed by atoms with E-state index in [1.165, 1.54) is 23.7 Å². The maximum absolute atomic E-state index is 9.74. The van der Waals surface area contributed by atoms with Crippen molar-refractivity contribution in [1.29, 1.82) is 5.26 Å². The molecule has 0 aliphatic heterocycles. The average Bonchev–Trinajstić information content (AvgIpc) is 2.88. The summed E-state index contributed by atoms with van der Waals surface area (Å²) >= 11 is 0. The minimum Gasteiger partial charge on any atom is -0.265 e. The smallest absolute Gasteiger partial charge is 0.0719 e. The van der Waals surface area contributed by atoms with E-state index in [4.69, 9.17) is 5.10 Å². The molecule has 0 amide bonds. The first kappa shape index (κ1) is 14.1. The number of rotatable bonds is 3. The van der Waals surface area contributed by atoms with Crippen LogP contribution in [0, 0.1) is 22.7 Å². The second-order valence-corrected chi connectivity index (χ2v) is 6.53. The van der Waals surface area contributed by atoms with E-state index in [2.05, 4.69) is 48.9 Å². The Kier molecular flexibility index (Phi) is 3.71. The van der Waals surface area contributed by atoms with Gasteiger partial charge in [0.25, 0.3) is 0 Å².